The molecule has 20 heavy (non-hydrogen) atoms. The Balaban J connectivity index is 0. The summed E-state index contributed by atoms with van der Waals surface area (Å²) >= 11 is 1.71. The van der Waals surface area contributed by atoms with E-state index in [2.05, 4.69) is 21.7 Å². The number of rotatable bonds is 6. The Morgan fingerprint density at radius 1 is 1.40 bits per heavy atom. The van der Waals surface area contributed by atoms with Crippen LogP contribution >= 0.6 is 36.2 Å². The number of halogens is 2. The van der Waals surface area contributed by atoms with Crippen molar-refractivity contribution >= 4 is 42.1 Å². The van der Waals surface area contributed by atoms with Crippen LogP contribution in [-0.2, 0) is 4.79 Å². The lowest BCUT2D eigenvalue weighted by atomic mass is 10.0. The molecular formula is C13H25Cl2N3OS. The molecule has 0 radical (unpaired) electrons. The van der Waals surface area contributed by atoms with Gasteiger partial charge in [0.25, 0.3) is 0 Å². The summed E-state index contributed by atoms with van der Waals surface area (Å²) in [5, 5.41) is 5.03. The molecule has 0 aliphatic rings. The summed E-state index contributed by atoms with van der Waals surface area (Å²) in [6.45, 7) is 4.33. The molecule has 0 aliphatic carbocycles. The van der Waals surface area contributed by atoms with Crippen molar-refractivity contribution in [2.24, 2.45) is 11.7 Å². The van der Waals surface area contributed by atoms with Gasteiger partial charge in [-0.2, -0.15) is 0 Å². The van der Waals surface area contributed by atoms with E-state index in [-0.39, 0.29) is 48.7 Å². The topological polar surface area (TPSA) is 58.4 Å². The van der Waals surface area contributed by atoms with E-state index in [4.69, 9.17) is 5.73 Å². The van der Waals surface area contributed by atoms with Crippen molar-refractivity contribution in [1.82, 2.24) is 10.2 Å². The molecule has 0 bridgehead atoms. The fourth-order valence-electron chi connectivity index (χ4n) is 1.62. The Labute approximate surface area is 137 Å². The van der Waals surface area contributed by atoms with Crippen LogP contribution in [0.5, 0.6) is 0 Å². The average molecular weight is 342 g/mol. The zero-order valence-corrected chi connectivity index (χ0v) is 14.8. The molecule has 0 aliphatic heterocycles. The minimum Gasteiger partial charge on any atom is -0.354 e. The van der Waals surface area contributed by atoms with Gasteiger partial charge in [0.1, 0.15) is 0 Å². The molecule has 7 heteroatoms. The number of carbonyl (C=O) groups excluding carboxylic acids is 1. The maximum absolute atomic E-state index is 11.9. The standard InChI is InChI=1S/C13H23N3OS.2ClH/c1-9(10(2)14)13(17)15-8-11(16(3)4)12-6-5-7-18-12;;/h5-7,9-11H,8,14H2,1-4H3,(H,15,17);2*1H. The Kier molecular flexibility index (Phi) is 11.4. The van der Waals surface area contributed by atoms with Gasteiger partial charge in [0.05, 0.1) is 6.04 Å². The zero-order valence-electron chi connectivity index (χ0n) is 12.3. The van der Waals surface area contributed by atoms with E-state index in [0.717, 1.165) is 0 Å². The van der Waals surface area contributed by atoms with Crippen LogP contribution in [0.25, 0.3) is 0 Å². The first-order chi connectivity index (χ1) is 8.43. The number of amides is 1. The molecule has 1 heterocycles. The molecule has 0 saturated carbocycles. The SMILES string of the molecule is CC(N)C(C)C(=O)NCC(c1cccs1)N(C)C.Cl.Cl. The fourth-order valence-corrected chi connectivity index (χ4v) is 2.54. The zero-order chi connectivity index (χ0) is 13.7. The van der Waals surface area contributed by atoms with Gasteiger partial charge >= 0.3 is 0 Å². The maximum Gasteiger partial charge on any atom is 0.224 e. The number of carbonyl (C=O) groups is 1. The molecule has 118 valence electrons. The van der Waals surface area contributed by atoms with Crippen molar-refractivity contribution in [3.8, 4) is 0 Å². The molecule has 0 aromatic carbocycles. The summed E-state index contributed by atoms with van der Waals surface area (Å²) in [4.78, 5) is 15.2. The van der Waals surface area contributed by atoms with Crippen LogP contribution in [0.1, 0.15) is 24.8 Å². The number of hydrogen-bond acceptors (Lipinski definition) is 4. The number of nitrogens with one attached hydrogen (secondary N) is 1. The molecule has 3 unspecified atom stereocenters. The van der Waals surface area contributed by atoms with Gasteiger partial charge in [0, 0.05) is 23.4 Å². The Bertz CT molecular complexity index is 372. The van der Waals surface area contributed by atoms with Crippen LogP contribution in [0, 0.1) is 5.92 Å². The molecule has 1 aromatic rings. The largest absolute Gasteiger partial charge is 0.354 e. The summed E-state index contributed by atoms with van der Waals surface area (Å²) in [5.41, 5.74) is 5.73. The second-order valence-electron chi connectivity index (χ2n) is 4.89. The Hall–Kier alpha value is -0.330. The third-order valence-corrected chi connectivity index (χ3v) is 4.14. The third kappa shape index (κ3) is 6.41. The molecule has 1 aromatic heterocycles. The van der Waals surface area contributed by atoms with Gasteiger partial charge in [-0.1, -0.05) is 13.0 Å². The van der Waals surface area contributed by atoms with Crippen molar-refractivity contribution in [3.63, 3.8) is 0 Å². The minimum absolute atomic E-state index is 0. The van der Waals surface area contributed by atoms with Crippen molar-refractivity contribution in [3.05, 3.63) is 22.4 Å². The lowest BCUT2D eigenvalue weighted by Crippen LogP contribution is -2.41. The van der Waals surface area contributed by atoms with Crippen LogP contribution in [0.4, 0.5) is 0 Å². The van der Waals surface area contributed by atoms with Crippen molar-refractivity contribution < 1.29 is 4.79 Å². The molecule has 4 nitrogen and oxygen atoms in total. The van der Waals surface area contributed by atoms with E-state index < -0.39 is 0 Å². The summed E-state index contributed by atoms with van der Waals surface area (Å²) in [6, 6.07) is 4.22. The highest BCUT2D eigenvalue weighted by molar-refractivity contribution is 7.10. The second kappa shape index (κ2) is 10.4. The van der Waals surface area contributed by atoms with Gasteiger partial charge in [0.15, 0.2) is 0 Å². The Morgan fingerprint density at radius 3 is 2.40 bits per heavy atom. The molecule has 0 saturated heterocycles. The quantitative estimate of drug-likeness (QED) is 0.834. The number of likely N-dealkylation sites (N-methyl/N-ethyl adjacent to an activating group) is 1. The molecule has 1 amide bonds. The molecule has 3 N–H and O–H groups in total. The lowest BCUT2D eigenvalue weighted by Gasteiger charge is -2.25. The normalized spacial score (nSPS) is 14.7. The van der Waals surface area contributed by atoms with Crippen LogP contribution < -0.4 is 11.1 Å². The molecule has 0 fully saturated rings. The number of nitrogens with two attached hydrogens (primary N) is 1. The summed E-state index contributed by atoms with van der Waals surface area (Å²) in [7, 11) is 4.04. The highest BCUT2D eigenvalue weighted by Gasteiger charge is 2.20. The first-order valence-electron chi connectivity index (χ1n) is 6.16. The molecule has 1 rings (SSSR count). The highest BCUT2D eigenvalue weighted by Crippen LogP contribution is 2.22. The van der Waals surface area contributed by atoms with E-state index in [9.17, 15) is 4.79 Å². The predicted molar refractivity (Wildman–Crippen MR) is 91.1 cm³/mol. The minimum atomic E-state index is -0.156. The van der Waals surface area contributed by atoms with Crippen LogP contribution in [0.3, 0.4) is 0 Å². The van der Waals surface area contributed by atoms with Crippen LogP contribution in [0.2, 0.25) is 0 Å². The van der Waals surface area contributed by atoms with Gasteiger partial charge in [-0.05, 0) is 32.5 Å². The number of nitrogens with zero attached hydrogens (tertiary/aromatic N) is 1. The number of hydrogen-bond donors (Lipinski definition) is 2. The van der Waals surface area contributed by atoms with E-state index in [1.807, 2.05) is 34.0 Å². The first kappa shape index (κ1) is 22.0. The summed E-state index contributed by atoms with van der Waals surface area (Å²) < 4.78 is 0. The van der Waals surface area contributed by atoms with Crippen LogP contribution in [0.15, 0.2) is 17.5 Å². The molecular weight excluding hydrogens is 317 g/mol. The number of thiophene rings is 1. The molecule has 0 spiro atoms. The third-order valence-electron chi connectivity index (χ3n) is 3.17. The predicted octanol–water partition coefficient (Wildman–Crippen LogP) is 2.29. The van der Waals surface area contributed by atoms with Crippen molar-refractivity contribution in [2.75, 3.05) is 20.6 Å². The first-order valence-corrected chi connectivity index (χ1v) is 7.04. The second-order valence-corrected chi connectivity index (χ2v) is 5.87. The van der Waals surface area contributed by atoms with Gasteiger partial charge in [-0.3, -0.25) is 4.79 Å². The van der Waals surface area contributed by atoms with Crippen molar-refractivity contribution in [2.45, 2.75) is 25.9 Å². The smallest absolute Gasteiger partial charge is 0.224 e. The van der Waals surface area contributed by atoms with E-state index in [0.29, 0.717) is 6.54 Å². The summed E-state index contributed by atoms with van der Waals surface area (Å²) in [5.74, 6) is -0.135. The summed E-state index contributed by atoms with van der Waals surface area (Å²) in [6.07, 6.45) is 0. The van der Waals surface area contributed by atoms with E-state index >= 15 is 0 Å². The molecule has 3 atom stereocenters. The van der Waals surface area contributed by atoms with Crippen LogP contribution in [-0.4, -0.2) is 37.5 Å². The Morgan fingerprint density at radius 2 is 2.00 bits per heavy atom. The van der Waals surface area contributed by atoms with Gasteiger partial charge < -0.3 is 16.0 Å². The average Bonchev–Trinajstić information content (AvgIpc) is 2.81. The fraction of sp³-hybridized carbons (Fsp3) is 0.615. The monoisotopic (exact) mass is 341 g/mol. The van der Waals surface area contributed by atoms with E-state index in [1.165, 1.54) is 4.88 Å². The highest BCUT2D eigenvalue weighted by atomic mass is 35.5. The maximum atomic E-state index is 11.9. The lowest BCUT2D eigenvalue weighted by molar-refractivity contribution is -0.125. The van der Waals surface area contributed by atoms with Crippen molar-refractivity contribution in [1.29, 1.82) is 0 Å². The van der Waals surface area contributed by atoms with Gasteiger partial charge in [-0.25, -0.2) is 0 Å². The van der Waals surface area contributed by atoms with Gasteiger partial charge in [0.2, 0.25) is 5.91 Å². The van der Waals surface area contributed by atoms with Gasteiger partial charge in [-0.15, -0.1) is 36.2 Å². The van der Waals surface area contributed by atoms with E-state index in [1.54, 1.807) is 11.3 Å².